The molecule has 1 N–H and O–H groups in total. The van der Waals surface area contributed by atoms with Gasteiger partial charge in [0.05, 0.1) is 19.8 Å². The predicted molar refractivity (Wildman–Crippen MR) is 61.8 cm³/mol. The first-order valence-electron chi connectivity index (χ1n) is 5.36. The summed E-state index contributed by atoms with van der Waals surface area (Å²) in [5.74, 6) is 0. The maximum atomic E-state index is 9.03. The van der Waals surface area contributed by atoms with Crippen LogP contribution in [0.2, 0.25) is 0 Å². The van der Waals surface area contributed by atoms with Crippen LogP contribution >= 0.6 is 0 Å². The highest BCUT2D eigenvalue weighted by Crippen LogP contribution is 2.13. The predicted octanol–water partition coefficient (Wildman–Crippen LogP) is 2.26. The van der Waals surface area contributed by atoms with Gasteiger partial charge in [0.15, 0.2) is 0 Å². The molecule has 15 heavy (non-hydrogen) atoms. The molecule has 1 rings (SSSR count). The Hall–Kier alpha value is -0.860. The summed E-state index contributed by atoms with van der Waals surface area (Å²) < 4.78 is 5.53. The largest absolute Gasteiger partial charge is 0.396 e. The van der Waals surface area contributed by atoms with Crippen molar-refractivity contribution in [3.63, 3.8) is 0 Å². The number of rotatable bonds is 6. The van der Waals surface area contributed by atoms with Crippen LogP contribution in [0.3, 0.4) is 0 Å². The van der Waals surface area contributed by atoms with Crippen LogP contribution in [-0.4, -0.2) is 24.9 Å². The van der Waals surface area contributed by atoms with E-state index in [2.05, 4.69) is 12.1 Å². The monoisotopic (exact) mass is 208 g/mol. The van der Waals surface area contributed by atoms with E-state index in [0.717, 1.165) is 6.42 Å². The Bertz CT molecular complexity index is 267. The summed E-state index contributed by atoms with van der Waals surface area (Å²) in [5.41, 5.74) is 1.16. The molecular weight excluding hydrogens is 188 g/mol. The Balaban J connectivity index is 2.18. The zero-order valence-electron chi connectivity index (χ0n) is 9.57. The van der Waals surface area contributed by atoms with Gasteiger partial charge in [0, 0.05) is 5.41 Å². The van der Waals surface area contributed by atoms with Crippen LogP contribution < -0.4 is 0 Å². The number of hydrogen-bond acceptors (Lipinski definition) is 2. The smallest absolute Gasteiger partial charge is 0.0539 e. The third kappa shape index (κ3) is 4.96. The van der Waals surface area contributed by atoms with E-state index in [1.165, 1.54) is 5.56 Å². The van der Waals surface area contributed by atoms with E-state index in [-0.39, 0.29) is 12.0 Å². The summed E-state index contributed by atoms with van der Waals surface area (Å²) in [5, 5.41) is 9.03. The van der Waals surface area contributed by atoms with Gasteiger partial charge in [-0.15, -0.1) is 0 Å². The van der Waals surface area contributed by atoms with Crippen LogP contribution in [-0.2, 0) is 11.2 Å². The molecule has 0 aliphatic carbocycles. The summed E-state index contributed by atoms with van der Waals surface area (Å²) in [7, 11) is 0. The van der Waals surface area contributed by atoms with E-state index in [1.807, 2.05) is 32.0 Å². The van der Waals surface area contributed by atoms with Gasteiger partial charge in [0.25, 0.3) is 0 Å². The van der Waals surface area contributed by atoms with Crippen molar-refractivity contribution in [1.82, 2.24) is 0 Å². The first-order valence-corrected chi connectivity index (χ1v) is 5.36. The lowest BCUT2D eigenvalue weighted by Gasteiger charge is -2.21. The summed E-state index contributed by atoms with van der Waals surface area (Å²) >= 11 is 0. The number of aliphatic hydroxyl groups excluding tert-OH is 1. The van der Waals surface area contributed by atoms with Gasteiger partial charge in [0.2, 0.25) is 0 Å². The maximum absolute atomic E-state index is 9.03. The van der Waals surface area contributed by atoms with Crippen LogP contribution in [0, 0.1) is 5.41 Å². The minimum absolute atomic E-state index is 0.128. The van der Waals surface area contributed by atoms with E-state index in [4.69, 9.17) is 9.84 Å². The van der Waals surface area contributed by atoms with Crippen molar-refractivity contribution in [2.75, 3.05) is 19.8 Å². The second kappa shape index (κ2) is 5.89. The fourth-order valence-electron chi connectivity index (χ4n) is 1.23. The normalized spacial score (nSPS) is 11.7. The van der Waals surface area contributed by atoms with Crippen molar-refractivity contribution < 1.29 is 9.84 Å². The summed E-state index contributed by atoms with van der Waals surface area (Å²) in [6.45, 7) is 5.48. The minimum Gasteiger partial charge on any atom is -0.396 e. The molecule has 0 amide bonds. The van der Waals surface area contributed by atoms with Crippen molar-refractivity contribution >= 4 is 0 Å². The van der Waals surface area contributed by atoms with Gasteiger partial charge in [-0.25, -0.2) is 0 Å². The molecule has 0 fully saturated rings. The Kier molecular flexibility index (Phi) is 4.79. The molecule has 0 bridgehead atoms. The second-order valence-electron chi connectivity index (χ2n) is 4.61. The molecule has 0 spiro atoms. The van der Waals surface area contributed by atoms with E-state index in [0.29, 0.717) is 13.2 Å². The van der Waals surface area contributed by atoms with E-state index < -0.39 is 0 Å². The molecule has 1 aromatic rings. The van der Waals surface area contributed by atoms with Crippen molar-refractivity contribution in [3.8, 4) is 0 Å². The maximum Gasteiger partial charge on any atom is 0.0539 e. The Labute approximate surface area is 91.9 Å². The summed E-state index contributed by atoms with van der Waals surface area (Å²) in [4.78, 5) is 0. The van der Waals surface area contributed by atoms with E-state index in [9.17, 15) is 0 Å². The van der Waals surface area contributed by atoms with Crippen LogP contribution in [0.5, 0.6) is 0 Å². The molecule has 0 heterocycles. The average Bonchev–Trinajstić information content (AvgIpc) is 2.26. The van der Waals surface area contributed by atoms with Crippen molar-refractivity contribution in [2.45, 2.75) is 20.3 Å². The van der Waals surface area contributed by atoms with Crippen molar-refractivity contribution in [1.29, 1.82) is 0 Å². The first-order chi connectivity index (χ1) is 7.14. The highest BCUT2D eigenvalue weighted by atomic mass is 16.5. The highest BCUT2D eigenvalue weighted by molar-refractivity contribution is 5.14. The molecule has 0 radical (unpaired) electrons. The lowest BCUT2D eigenvalue weighted by molar-refractivity contribution is 0.0294. The minimum atomic E-state index is -0.128. The molecule has 0 aliphatic rings. The van der Waals surface area contributed by atoms with Gasteiger partial charge >= 0.3 is 0 Å². The Morgan fingerprint density at radius 3 is 2.47 bits per heavy atom. The lowest BCUT2D eigenvalue weighted by atomic mass is 9.97. The van der Waals surface area contributed by atoms with Gasteiger partial charge < -0.3 is 9.84 Å². The number of aliphatic hydroxyl groups is 1. The second-order valence-corrected chi connectivity index (χ2v) is 4.61. The third-order valence-corrected chi connectivity index (χ3v) is 2.30. The van der Waals surface area contributed by atoms with Gasteiger partial charge in [-0.05, 0) is 12.0 Å². The fraction of sp³-hybridized carbons (Fsp3) is 0.538. The van der Waals surface area contributed by atoms with E-state index in [1.54, 1.807) is 0 Å². The standard InChI is InChI=1S/C13H20O2/c1-13(2,10-14)11-15-9-8-12-6-4-3-5-7-12/h3-7,14H,8-11H2,1-2H3. The van der Waals surface area contributed by atoms with Crippen LogP contribution in [0.15, 0.2) is 30.3 Å². The number of ether oxygens (including phenoxy) is 1. The molecule has 1 aromatic carbocycles. The molecule has 0 saturated carbocycles. The summed E-state index contributed by atoms with van der Waals surface area (Å²) in [6, 6.07) is 10.3. The quantitative estimate of drug-likeness (QED) is 0.727. The molecule has 0 aromatic heterocycles. The van der Waals surface area contributed by atoms with Gasteiger partial charge in [-0.1, -0.05) is 44.2 Å². The summed E-state index contributed by atoms with van der Waals surface area (Å²) in [6.07, 6.45) is 0.933. The third-order valence-electron chi connectivity index (χ3n) is 2.30. The zero-order valence-corrected chi connectivity index (χ0v) is 9.57. The van der Waals surface area contributed by atoms with Crippen molar-refractivity contribution in [3.05, 3.63) is 35.9 Å². The SMILES string of the molecule is CC(C)(CO)COCCc1ccccc1. The van der Waals surface area contributed by atoms with Crippen LogP contribution in [0.4, 0.5) is 0 Å². The molecule has 2 nitrogen and oxygen atoms in total. The van der Waals surface area contributed by atoms with E-state index >= 15 is 0 Å². The van der Waals surface area contributed by atoms with Gasteiger partial charge in [-0.2, -0.15) is 0 Å². The van der Waals surface area contributed by atoms with Gasteiger partial charge in [0.1, 0.15) is 0 Å². The van der Waals surface area contributed by atoms with Crippen molar-refractivity contribution in [2.24, 2.45) is 5.41 Å². The Morgan fingerprint density at radius 1 is 1.20 bits per heavy atom. The molecular formula is C13H20O2. The molecule has 2 heteroatoms. The molecule has 0 atom stereocenters. The average molecular weight is 208 g/mol. The highest BCUT2D eigenvalue weighted by Gasteiger charge is 2.15. The first kappa shape index (κ1) is 12.2. The topological polar surface area (TPSA) is 29.5 Å². The number of hydrogen-bond donors (Lipinski definition) is 1. The zero-order chi connectivity index (χ0) is 11.1. The Morgan fingerprint density at radius 2 is 1.87 bits per heavy atom. The number of benzene rings is 1. The molecule has 0 saturated heterocycles. The lowest BCUT2D eigenvalue weighted by Crippen LogP contribution is -2.24. The molecule has 0 aliphatic heterocycles. The van der Waals surface area contributed by atoms with Crippen LogP contribution in [0.1, 0.15) is 19.4 Å². The van der Waals surface area contributed by atoms with Gasteiger partial charge in [-0.3, -0.25) is 0 Å². The molecule has 0 unspecified atom stereocenters. The fourth-order valence-corrected chi connectivity index (χ4v) is 1.23. The van der Waals surface area contributed by atoms with Crippen LogP contribution in [0.25, 0.3) is 0 Å². The molecule has 84 valence electrons.